The van der Waals surface area contributed by atoms with Crippen molar-refractivity contribution in [3.05, 3.63) is 0 Å². The maximum absolute atomic E-state index is 10.1. The molecule has 2 saturated carbocycles. The van der Waals surface area contributed by atoms with Gasteiger partial charge in [0.1, 0.15) is 0 Å². The first kappa shape index (κ1) is 14.2. The van der Waals surface area contributed by atoms with Crippen molar-refractivity contribution < 1.29 is 9.59 Å². The first-order chi connectivity index (χ1) is 9.35. The Morgan fingerprint density at radius 3 is 2.05 bits per heavy atom. The van der Waals surface area contributed by atoms with Gasteiger partial charge in [-0.3, -0.25) is 0 Å². The van der Waals surface area contributed by atoms with Gasteiger partial charge in [0.15, 0.2) is 0 Å². The SMILES string of the molecule is O=C=NCCCCC1CC2CC1CC2CCN=C=O. The maximum atomic E-state index is 10.1. The molecule has 0 aliphatic heterocycles. The van der Waals surface area contributed by atoms with Gasteiger partial charge in [0, 0.05) is 0 Å². The zero-order valence-electron chi connectivity index (χ0n) is 11.4. The zero-order chi connectivity index (χ0) is 13.5. The molecule has 0 amide bonds. The lowest BCUT2D eigenvalue weighted by Crippen LogP contribution is -2.18. The molecule has 104 valence electrons. The lowest BCUT2D eigenvalue weighted by Gasteiger charge is -2.27. The molecule has 2 aliphatic rings. The number of isocyanates is 2. The third-order valence-corrected chi connectivity index (χ3v) is 4.99. The maximum Gasteiger partial charge on any atom is 0.234 e. The van der Waals surface area contributed by atoms with Gasteiger partial charge in [-0.1, -0.05) is 12.8 Å². The summed E-state index contributed by atoms with van der Waals surface area (Å²) in [5.74, 6) is 3.43. The van der Waals surface area contributed by atoms with Crippen LogP contribution in [0.3, 0.4) is 0 Å². The Balaban J connectivity index is 1.64. The Morgan fingerprint density at radius 2 is 1.42 bits per heavy atom. The number of nitrogens with zero attached hydrogens (tertiary/aromatic N) is 2. The number of rotatable bonds is 8. The first-order valence-corrected chi connectivity index (χ1v) is 7.42. The van der Waals surface area contributed by atoms with Crippen molar-refractivity contribution in [1.82, 2.24) is 0 Å². The number of hydrogen-bond acceptors (Lipinski definition) is 4. The van der Waals surface area contributed by atoms with Crippen LogP contribution >= 0.6 is 0 Å². The van der Waals surface area contributed by atoms with Crippen molar-refractivity contribution >= 4 is 12.2 Å². The van der Waals surface area contributed by atoms with Gasteiger partial charge in [0.2, 0.25) is 12.2 Å². The molecule has 4 unspecified atom stereocenters. The van der Waals surface area contributed by atoms with Crippen LogP contribution in [0.4, 0.5) is 0 Å². The molecular weight excluding hydrogens is 240 g/mol. The molecule has 0 aromatic rings. The van der Waals surface area contributed by atoms with E-state index in [9.17, 15) is 9.59 Å². The predicted octanol–water partition coefficient (Wildman–Crippen LogP) is 2.88. The second kappa shape index (κ2) is 7.37. The van der Waals surface area contributed by atoms with Crippen molar-refractivity contribution in [3.8, 4) is 0 Å². The summed E-state index contributed by atoms with van der Waals surface area (Å²) in [6.07, 6.45) is 11.8. The Morgan fingerprint density at radius 1 is 0.789 bits per heavy atom. The van der Waals surface area contributed by atoms with Gasteiger partial charge < -0.3 is 0 Å². The fourth-order valence-corrected chi connectivity index (χ4v) is 4.14. The summed E-state index contributed by atoms with van der Waals surface area (Å²) in [4.78, 5) is 27.3. The van der Waals surface area contributed by atoms with E-state index in [4.69, 9.17) is 0 Å². The molecule has 0 aromatic heterocycles. The van der Waals surface area contributed by atoms with Crippen LogP contribution in [0.1, 0.15) is 44.9 Å². The quantitative estimate of drug-likeness (QED) is 0.383. The minimum Gasteiger partial charge on any atom is -0.211 e. The second-order valence-corrected chi connectivity index (χ2v) is 5.98. The molecule has 0 N–H and O–H groups in total. The average Bonchev–Trinajstić information content (AvgIpc) is 2.98. The fourth-order valence-electron chi connectivity index (χ4n) is 4.14. The number of carbonyl (C=O) groups excluding carboxylic acids is 2. The van der Waals surface area contributed by atoms with E-state index >= 15 is 0 Å². The van der Waals surface area contributed by atoms with E-state index in [-0.39, 0.29) is 0 Å². The van der Waals surface area contributed by atoms with E-state index in [0.29, 0.717) is 13.1 Å². The summed E-state index contributed by atoms with van der Waals surface area (Å²) in [7, 11) is 0. The molecule has 19 heavy (non-hydrogen) atoms. The number of aliphatic imine (C=N–C) groups is 2. The highest BCUT2D eigenvalue weighted by Gasteiger charge is 2.44. The monoisotopic (exact) mass is 262 g/mol. The van der Waals surface area contributed by atoms with Crippen LogP contribution in [-0.4, -0.2) is 25.2 Å². The summed E-state index contributed by atoms with van der Waals surface area (Å²) in [6.45, 7) is 1.29. The van der Waals surface area contributed by atoms with Gasteiger partial charge in [0.05, 0.1) is 13.1 Å². The zero-order valence-corrected chi connectivity index (χ0v) is 11.4. The molecule has 4 nitrogen and oxygen atoms in total. The van der Waals surface area contributed by atoms with Gasteiger partial charge in [0.25, 0.3) is 0 Å². The van der Waals surface area contributed by atoms with Crippen molar-refractivity contribution in [3.63, 3.8) is 0 Å². The van der Waals surface area contributed by atoms with Gasteiger partial charge >= 0.3 is 0 Å². The molecule has 0 aromatic carbocycles. The van der Waals surface area contributed by atoms with Gasteiger partial charge in [-0.05, 0) is 55.8 Å². The minimum absolute atomic E-state index is 0.636. The molecule has 0 heterocycles. The van der Waals surface area contributed by atoms with Crippen molar-refractivity contribution in [2.24, 2.45) is 33.7 Å². The average molecular weight is 262 g/mol. The Kier molecular flexibility index (Phi) is 5.50. The third-order valence-electron chi connectivity index (χ3n) is 4.99. The summed E-state index contributed by atoms with van der Waals surface area (Å²) < 4.78 is 0. The number of fused-ring (bicyclic) bond motifs is 2. The third kappa shape index (κ3) is 3.86. The van der Waals surface area contributed by atoms with E-state index in [2.05, 4.69) is 9.98 Å². The molecule has 2 rings (SSSR count). The molecule has 2 fully saturated rings. The minimum atomic E-state index is 0.636. The van der Waals surface area contributed by atoms with Crippen molar-refractivity contribution in [1.29, 1.82) is 0 Å². The van der Waals surface area contributed by atoms with E-state index in [1.807, 2.05) is 0 Å². The first-order valence-electron chi connectivity index (χ1n) is 7.42. The lowest BCUT2D eigenvalue weighted by molar-refractivity contribution is 0.235. The lowest BCUT2D eigenvalue weighted by atomic mass is 9.78. The van der Waals surface area contributed by atoms with Crippen molar-refractivity contribution in [2.45, 2.75) is 44.9 Å². The van der Waals surface area contributed by atoms with Gasteiger partial charge in [-0.2, -0.15) is 0 Å². The Labute approximate surface area is 114 Å². The van der Waals surface area contributed by atoms with Crippen LogP contribution in [0.2, 0.25) is 0 Å². The standard InChI is InChI=1S/C15H22N2O2/c18-10-16-5-2-1-3-12-7-15-9-14(12)8-13(15)4-6-17-11-19/h12-15H,1-9H2. The predicted molar refractivity (Wildman–Crippen MR) is 72.3 cm³/mol. The van der Waals surface area contributed by atoms with E-state index < -0.39 is 0 Å². The summed E-state index contributed by atoms with van der Waals surface area (Å²) in [5, 5.41) is 0. The van der Waals surface area contributed by atoms with Gasteiger partial charge in [-0.15, -0.1) is 0 Å². The second-order valence-electron chi connectivity index (χ2n) is 5.98. The fraction of sp³-hybridized carbons (Fsp3) is 0.867. The Hall–Kier alpha value is -1.24. The smallest absolute Gasteiger partial charge is 0.211 e. The van der Waals surface area contributed by atoms with Crippen LogP contribution in [0, 0.1) is 23.7 Å². The highest BCUT2D eigenvalue weighted by molar-refractivity contribution is 5.32. The summed E-state index contributed by atoms with van der Waals surface area (Å²) in [6, 6.07) is 0. The van der Waals surface area contributed by atoms with E-state index in [1.54, 1.807) is 12.2 Å². The van der Waals surface area contributed by atoms with Crippen molar-refractivity contribution in [2.75, 3.05) is 13.1 Å². The molecule has 0 spiro atoms. The molecule has 4 atom stereocenters. The normalized spacial score (nSPS) is 31.8. The van der Waals surface area contributed by atoms with Gasteiger partial charge in [-0.25, -0.2) is 19.6 Å². The Bertz CT molecular complexity index is 384. The highest BCUT2D eigenvalue weighted by Crippen LogP contribution is 2.54. The molecule has 2 bridgehead atoms. The van der Waals surface area contributed by atoms with E-state index in [0.717, 1.165) is 36.5 Å². The molecule has 2 aliphatic carbocycles. The highest BCUT2D eigenvalue weighted by atomic mass is 16.1. The summed E-state index contributed by atoms with van der Waals surface area (Å²) >= 11 is 0. The van der Waals surface area contributed by atoms with Crippen LogP contribution < -0.4 is 0 Å². The molecular formula is C15H22N2O2. The molecule has 4 heteroatoms. The number of hydrogen-bond donors (Lipinski definition) is 0. The molecule has 0 radical (unpaired) electrons. The topological polar surface area (TPSA) is 58.9 Å². The number of unbranched alkanes of at least 4 members (excludes halogenated alkanes) is 1. The summed E-state index contributed by atoms with van der Waals surface area (Å²) in [5.41, 5.74) is 0. The van der Waals surface area contributed by atoms with E-state index in [1.165, 1.54) is 32.1 Å². The van der Waals surface area contributed by atoms with Crippen LogP contribution in [0.15, 0.2) is 9.98 Å². The largest absolute Gasteiger partial charge is 0.234 e. The van der Waals surface area contributed by atoms with Crippen LogP contribution in [0.5, 0.6) is 0 Å². The van der Waals surface area contributed by atoms with Crippen LogP contribution in [0.25, 0.3) is 0 Å². The molecule has 0 saturated heterocycles. The van der Waals surface area contributed by atoms with Crippen LogP contribution in [-0.2, 0) is 9.59 Å².